The summed E-state index contributed by atoms with van der Waals surface area (Å²) in [5.74, 6) is -0.924. The highest BCUT2D eigenvalue weighted by atomic mass is 16.2. The lowest BCUT2D eigenvalue weighted by Gasteiger charge is -2.52. The molecule has 2 N–H and O–H groups in total. The summed E-state index contributed by atoms with van der Waals surface area (Å²) in [6.07, 6.45) is 0. The van der Waals surface area contributed by atoms with Crippen molar-refractivity contribution in [1.29, 1.82) is 0 Å². The van der Waals surface area contributed by atoms with E-state index in [4.69, 9.17) is 0 Å². The van der Waals surface area contributed by atoms with Gasteiger partial charge in [-0.3, -0.25) is 9.59 Å². The normalized spacial score (nSPS) is 23.9. The average molecular weight is 407 g/mol. The molecule has 1 fully saturated rings. The molecule has 1 aliphatic carbocycles. The van der Waals surface area contributed by atoms with Crippen molar-refractivity contribution < 1.29 is 9.59 Å². The minimum Gasteiger partial charge on any atom is -0.351 e. The number of amides is 2. The third kappa shape index (κ3) is 4.92. The first-order valence-corrected chi connectivity index (χ1v) is 10.7. The summed E-state index contributed by atoms with van der Waals surface area (Å²) in [7, 11) is 0. The largest absolute Gasteiger partial charge is 0.351 e. The van der Waals surface area contributed by atoms with E-state index < -0.39 is 0 Å². The monoisotopic (exact) mass is 406 g/mol. The summed E-state index contributed by atoms with van der Waals surface area (Å²) >= 11 is 0. The maximum atomic E-state index is 13.4. The van der Waals surface area contributed by atoms with Gasteiger partial charge in [-0.1, -0.05) is 60.7 Å². The Morgan fingerprint density at radius 1 is 0.600 bits per heavy atom. The Hall–Kier alpha value is -2.62. The van der Waals surface area contributed by atoms with Crippen LogP contribution in [0.25, 0.3) is 0 Å². The van der Waals surface area contributed by atoms with Gasteiger partial charge in [0, 0.05) is 22.9 Å². The molecule has 160 valence electrons. The average Bonchev–Trinajstić information content (AvgIpc) is 2.59. The predicted octanol–water partition coefficient (Wildman–Crippen LogP) is 4.63. The van der Waals surface area contributed by atoms with Gasteiger partial charge in [-0.05, 0) is 52.7 Å². The quantitative estimate of drug-likeness (QED) is 0.778. The second-order valence-electron chi connectivity index (χ2n) is 10.4. The Bertz CT molecular complexity index is 795. The standard InChI is InChI=1S/C26H34N2O2/c1-25(2,3)27-23(29)21-19(17-13-9-7-10-14-17)22(24(30)28-26(4,5)6)20(21)18-15-11-8-12-16-18/h7-16,19-22H,1-6H3,(H,27,29)(H,28,30). The number of carbonyl (C=O) groups excluding carboxylic acids is 2. The van der Waals surface area contributed by atoms with Gasteiger partial charge in [-0.2, -0.15) is 0 Å². The van der Waals surface area contributed by atoms with E-state index in [9.17, 15) is 9.59 Å². The summed E-state index contributed by atoms with van der Waals surface area (Å²) in [5, 5.41) is 6.32. The zero-order valence-corrected chi connectivity index (χ0v) is 18.9. The van der Waals surface area contributed by atoms with E-state index in [1.807, 2.05) is 102 Å². The number of carbonyl (C=O) groups is 2. The van der Waals surface area contributed by atoms with Gasteiger partial charge in [0.15, 0.2) is 0 Å². The number of hydrogen-bond acceptors (Lipinski definition) is 2. The lowest BCUT2D eigenvalue weighted by molar-refractivity contribution is -0.142. The lowest BCUT2D eigenvalue weighted by Crippen LogP contribution is -2.59. The Morgan fingerprint density at radius 3 is 1.17 bits per heavy atom. The molecule has 2 aromatic rings. The molecule has 2 aromatic carbocycles. The molecule has 0 saturated heterocycles. The molecule has 0 heterocycles. The molecule has 0 bridgehead atoms. The molecule has 3 rings (SSSR count). The van der Waals surface area contributed by atoms with Crippen LogP contribution < -0.4 is 10.6 Å². The first-order valence-electron chi connectivity index (χ1n) is 10.7. The highest BCUT2D eigenvalue weighted by Crippen LogP contribution is 2.57. The van der Waals surface area contributed by atoms with Crippen molar-refractivity contribution in [1.82, 2.24) is 10.6 Å². The van der Waals surface area contributed by atoms with Gasteiger partial charge in [0.25, 0.3) is 0 Å². The molecule has 0 aromatic heterocycles. The van der Waals surface area contributed by atoms with Gasteiger partial charge in [0.2, 0.25) is 11.8 Å². The van der Waals surface area contributed by atoms with Crippen molar-refractivity contribution >= 4 is 11.8 Å². The minimum atomic E-state index is -0.335. The van der Waals surface area contributed by atoms with Gasteiger partial charge in [-0.25, -0.2) is 0 Å². The van der Waals surface area contributed by atoms with E-state index in [0.29, 0.717) is 0 Å². The minimum absolute atomic E-state index is 0.00464. The number of nitrogens with one attached hydrogen (secondary N) is 2. The molecule has 0 spiro atoms. The van der Waals surface area contributed by atoms with E-state index in [0.717, 1.165) is 11.1 Å². The Kier molecular flexibility index (Phi) is 6.07. The molecule has 1 aliphatic rings. The summed E-state index contributed by atoms with van der Waals surface area (Å²) in [5.41, 5.74) is 1.40. The molecule has 0 radical (unpaired) electrons. The Balaban J connectivity index is 2.06. The summed E-state index contributed by atoms with van der Waals surface area (Å²) in [6, 6.07) is 19.9. The van der Waals surface area contributed by atoms with E-state index >= 15 is 0 Å². The van der Waals surface area contributed by atoms with E-state index in [2.05, 4.69) is 10.6 Å². The zero-order valence-electron chi connectivity index (χ0n) is 18.9. The Labute approximate surface area is 180 Å². The third-order valence-electron chi connectivity index (χ3n) is 5.52. The summed E-state index contributed by atoms with van der Waals surface area (Å²) in [4.78, 5) is 26.8. The fourth-order valence-electron chi connectivity index (χ4n) is 4.49. The van der Waals surface area contributed by atoms with Crippen molar-refractivity contribution in [3.63, 3.8) is 0 Å². The highest BCUT2D eigenvalue weighted by molar-refractivity contribution is 5.90. The van der Waals surface area contributed by atoms with Crippen molar-refractivity contribution in [3.05, 3.63) is 71.8 Å². The van der Waals surface area contributed by atoms with Gasteiger partial charge < -0.3 is 10.6 Å². The SMILES string of the molecule is CC(C)(C)NC(=O)C1C(c2ccccc2)C(C(=O)NC(C)(C)C)C1c1ccccc1. The van der Waals surface area contributed by atoms with Crippen molar-refractivity contribution in [2.24, 2.45) is 11.8 Å². The molecule has 4 nitrogen and oxygen atoms in total. The van der Waals surface area contributed by atoms with E-state index in [-0.39, 0.29) is 46.6 Å². The summed E-state index contributed by atoms with van der Waals surface area (Å²) < 4.78 is 0. The molecule has 1 saturated carbocycles. The van der Waals surface area contributed by atoms with Crippen LogP contribution in [0.1, 0.15) is 64.5 Å². The van der Waals surface area contributed by atoms with Crippen molar-refractivity contribution in [2.45, 2.75) is 64.5 Å². The van der Waals surface area contributed by atoms with Crippen LogP contribution in [0, 0.1) is 11.8 Å². The lowest BCUT2D eigenvalue weighted by atomic mass is 9.51. The van der Waals surface area contributed by atoms with Crippen LogP contribution in [0.2, 0.25) is 0 Å². The number of hydrogen-bond donors (Lipinski definition) is 2. The van der Waals surface area contributed by atoms with Crippen LogP contribution in [-0.4, -0.2) is 22.9 Å². The molecule has 4 heteroatoms. The first-order chi connectivity index (χ1) is 14.0. The smallest absolute Gasteiger partial charge is 0.224 e. The van der Waals surface area contributed by atoms with Gasteiger partial charge in [-0.15, -0.1) is 0 Å². The maximum absolute atomic E-state index is 13.4. The van der Waals surface area contributed by atoms with E-state index in [1.165, 1.54) is 0 Å². The van der Waals surface area contributed by atoms with Gasteiger partial charge >= 0.3 is 0 Å². The van der Waals surface area contributed by atoms with Crippen LogP contribution in [0.3, 0.4) is 0 Å². The highest BCUT2D eigenvalue weighted by Gasteiger charge is 2.58. The molecule has 2 amide bonds. The molecular weight excluding hydrogens is 372 g/mol. The van der Waals surface area contributed by atoms with Gasteiger partial charge in [0.05, 0.1) is 11.8 Å². The van der Waals surface area contributed by atoms with Crippen LogP contribution in [0.15, 0.2) is 60.7 Å². The van der Waals surface area contributed by atoms with Crippen LogP contribution in [-0.2, 0) is 9.59 Å². The first kappa shape index (κ1) is 22.1. The zero-order chi connectivity index (χ0) is 22.1. The number of rotatable bonds is 4. The number of benzene rings is 2. The molecule has 0 atom stereocenters. The summed E-state index contributed by atoms with van der Waals surface area (Å²) in [6.45, 7) is 11.9. The fourth-order valence-corrected chi connectivity index (χ4v) is 4.49. The molecular formula is C26H34N2O2. The van der Waals surface area contributed by atoms with E-state index in [1.54, 1.807) is 0 Å². The Morgan fingerprint density at radius 2 is 0.900 bits per heavy atom. The van der Waals surface area contributed by atoms with Crippen LogP contribution >= 0.6 is 0 Å². The predicted molar refractivity (Wildman–Crippen MR) is 121 cm³/mol. The topological polar surface area (TPSA) is 58.2 Å². The van der Waals surface area contributed by atoms with Crippen molar-refractivity contribution in [2.75, 3.05) is 0 Å². The third-order valence-corrected chi connectivity index (χ3v) is 5.52. The van der Waals surface area contributed by atoms with Crippen LogP contribution in [0.4, 0.5) is 0 Å². The second kappa shape index (κ2) is 8.25. The molecule has 0 aliphatic heterocycles. The fraction of sp³-hybridized carbons (Fsp3) is 0.462. The molecule has 0 unspecified atom stereocenters. The second-order valence-corrected chi connectivity index (χ2v) is 10.4. The van der Waals surface area contributed by atoms with Crippen molar-refractivity contribution in [3.8, 4) is 0 Å². The van der Waals surface area contributed by atoms with Gasteiger partial charge in [0.1, 0.15) is 0 Å². The maximum Gasteiger partial charge on any atom is 0.224 e. The molecule has 30 heavy (non-hydrogen) atoms. The van der Waals surface area contributed by atoms with Crippen LogP contribution in [0.5, 0.6) is 0 Å².